The fraction of sp³-hybridized carbons (Fsp3) is 0.263. The Hall–Kier alpha value is -2.60. The van der Waals surface area contributed by atoms with E-state index in [1.54, 1.807) is 0 Å². The molecule has 0 aliphatic heterocycles. The van der Waals surface area contributed by atoms with Gasteiger partial charge in [0.1, 0.15) is 12.4 Å². The molecule has 0 aliphatic carbocycles. The summed E-state index contributed by atoms with van der Waals surface area (Å²) in [5.74, 6) is 1.74. The Morgan fingerprint density at radius 3 is 2.76 bits per heavy atom. The average Bonchev–Trinajstić information content (AvgIpc) is 2.98. The van der Waals surface area contributed by atoms with Crippen molar-refractivity contribution in [2.24, 2.45) is 0 Å². The molecule has 0 radical (unpaired) electrons. The largest absolute Gasteiger partial charge is 0.489 e. The Labute approximate surface area is 152 Å². The van der Waals surface area contributed by atoms with E-state index in [4.69, 9.17) is 17.0 Å². The molecule has 5 nitrogen and oxygen atoms in total. The second kappa shape index (κ2) is 7.98. The third-order valence-electron chi connectivity index (χ3n) is 3.89. The summed E-state index contributed by atoms with van der Waals surface area (Å²) >= 11 is 5.24. The van der Waals surface area contributed by atoms with Crippen LogP contribution in [0.5, 0.6) is 5.75 Å². The molecule has 0 saturated heterocycles. The van der Waals surface area contributed by atoms with Crippen LogP contribution in [0.2, 0.25) is 0 Å². The molecule has 25 heavy (non-hydrogen) atoms. The summed E-state index contributed by atoms with van der Waals surface area (Å²) in [6.45, 7) is 5.33. The summed E-state index contributed by atoms with van der Waals surface area (Å²) < 4.78 is 8.31. The number of nitrogens with zero attached hydrogens (tertiary/aromatic N) is 2. The number of hydrogen-bond donors (Lipinski definition) is 2. The van der Waals surface area contributed by atoms with Crippen LogP contribution in [0.25, 0.3) is 0 Å². The van der Waals surface area contributed by atoms with Crippen molar-refractivity contribution in [2.75, 3.05) is 5.43 Å². The molecule has 6 heteroatoms. The van der Waals surface area contributed by atoms with Gasteiger partial charge in [-0.2, -0.15) is 5.10 Å². The maximum Gasteiger partial charge on any atom is 0.214 e. The smallest absolute Gasteiger partial charge is 0.214 e. The highest BCUT2D eigenvalue weighted by Gasteiger charge is 2.04. The highest BCUT2D eigenvalue weighted by atomic mass is 32.1. The van der Waals surface area contributed by atoms with Gasteiger partial charge in [-0.1, -0.05) is 48.9 Å². The van der Waals surface area contributed by atoms with Gasteiger partial charge < -0.3 is 10.2 Å². The minimum atomic E-state index is 0.561. The van der Waals surface area contributed by atoms with Crippen molar-refractivity contribution in [3.05, 3.63) is 75.8 Å². The van der Waals surface area contributed by atoms with Gasteiger partial charge in [0.25, 0.3) is 0 Å². The number of aromatic amines is 1. The average molecular weight is 354 g/mol. The van der Waals surface area contributed by atoms with Crippen LogP contribution >= 0.6 is 12.2 Å². The van der Waals surface area contributed by atoms with Crippen LogP contribution in [0.15, 0.2) is 48.5 Å². The molecule has 0 aliphatic rings. The molecule has 3 aromatic rings. The normalized spacial score (nSPS) is 10.6. The van der Waals surface area contributed by atoms with Gasteiger partial charge in [0.15, 0.2) is 5.82 Å². The summed E-state index contributed by atoms with van der Waals surface area (Å²) in [6.07, 6.45) is 0.805. The van der Waals surface area contributed by atoms with E-state index in [-0.39, 0.29) is 0 Å². The van der Waals surface area contributed by atoms with Crippen molar-refractivity contribution < 1.29 is 4.74 Å². The Kier molecular flexibility index (Phi) is 5.50. The zero-order valence-electron chi connectivity index (χ0n) is 14.5. The quantitative estimate of drug-likeness (QED) is 0.626. The van der Waals surface area contributed by atoms with Crippen molar-refractivity contribution in [1.82, 2.24) is 14.9 Å². The molecule has 0 atom stereocenters. The Morgan fingerprint density at radius 2 is 1.96 bits per heavy atom. The van der Waals surface area contributed by atoms with Crippen LogP contribution in [0.1, 0.15) is 29.4 Å². The molecule has 3 rings (SSSR count). The molecule has 0 unspecified atom stereocenters. The van der Waals surface area contributed by atoms with Crippen molar-refractivity contribution >= 4 is 12.2 Å². The van der Waals surface area contributed by atoms with Crippen molar-refractivity contribution in [3.8, 4) is 5.75 Å². The van der Waals surface area contributed by atoms with E-state index in [2.05, 4.69) is 46.8 Å². The first kappa shape index (κ1) is 17.2. The first-order valence-electron chi connectivity index (χ1n) is 8.33. The standard InChI is InChI=1S/C19H22N4OS/c1-3-18-21-22-19(25)23(18)20-12-15-7-5-9-17(11-15)24-13-16-8-4-6-14(2)10-16/h4-11,20H,3,12-13H2,1-2H3,(H,22,25). The second-order valence-electron chi connectivity index (χ2n) is 5.89. The Balaban J connectivity index is 1.63. The molecule has 0 bridgehead atoms. The molecule has 0 amide bonds. The number of aromatic nitrogens is 3. The first-order chi connectivity index (χ1) is 12.2. The monoisotopic (exact) mass is 354 g/mol. The van der Waals surface area contributed by atoms with E-state index in [0.29, 0.717) is 17.9 Å². The Morgan fingerprint density at radius 1 is 1.16 bits per heavy atom. The molecule has 130 valence electrons. The summed E-state index contributed by atoms with van der Waals surface area (Å²) in [5, 5.41) is 7.00. The van der Waals surface area contributed by atoms with Crippen LogP contribution in [0, 0.1) is 11.7 Å². The number of nitrogens with one attached hydrogen (secondary N) is 2. The van der Waals surface area contributed by atoms with E-state index in [1.165, 1.54) is 11.1 Å². The zero-order chi connectivity index (χ0) is 17.6. The van der Waals surface area contributed by atoms with Crippen molar-refractivity contribution in [1.29, 1.82) is 0 Å². The van der Waals surface area contributed by atoms with Crippen LogP contribution in [0.4, 0.5) is 0 Å². The van der Waals surface area contributed by atoms with Crippen LogP contribution in [-0.2, 0) is 19.6 Å². The summed E-state index contributed by atoms with van der Waals surface area (Å²) in [6, 6.07) is 16.4. The topological polar surface area (TPSA) is 54.9 Å². The van der Waals surface area contributed by atoms with E-state index in [0.717, 1.165) is 23.6 Å². The van der Waals surface area contributed by atoms with Gasteiger partial charge in [-0.15, -0.1) is 0 Å². The van der Waals surface area contributed by atoms with E-state index < -0.39 is 0 Å². The minimum absolute atomic E-state index is 0.561. The lowest BCUT2D eigenvalue weighted by Gasteiger charge is -2.11. The third kappa shape index (κ3) is 4.48. The molecule has 2 aromatic carbocycles. The van der Waals surface area contributed by atoms with Crippen molar-refractivity contribution in [2.45, 2.75) is 33.4 Å². The van der Waals surface area contributed by atoms with Gasteiger partial charge in [-0.05, 0) is 42.4 Å². The Bertz CT molecular complexity index is 900. The fourth-order valence-corrected chi connectivity index (χ4v) is 2.83. The van der Waals surface area contributed by atoms with Gasteiger partial charge in [0, 0.05) is 6.42 Å². The highest BCUT2D eigenvalue weighted by Crippen LogP contribution is 2.16. The summed E-state index contributed by atoms with van der Waals surface area (Å²) in [5.41, 5.74) is 6.82. The molecular weight excluding hydrogens is 332 g/mol. The van der Waals surface area contributed by atoms with E-state index in [1.807, 2.05) is 35.9 Å². The van der Waals surface area contributed by atoms with Crippen LogP contribution in [-0.4, -0.2) is 14.9 Å². The molecule has 1 aromatic heterocycles. The predicted octanol–water partition coefficient (Wildman–Crippen LogP) is 4.13. The molecule has 1 heterocycles. The SMILES string of the molecule is CCc1n[nH]c(=S)n1NCc1cccc(OCc2cccc(C)c2)c1. The third-order valence-corrected chi connectivity index (χ3v) is 4.16. The number of hydrogen-bond acceptors (Lipinski definition) is 4. The zero-order valence-corrected chi connectivity index (χ0v) is 15.3. The van der Waals surface area contributed by atoms with Gasteiger partial charge in [-0.25, -0.2) is 4.68 Å². The number of benzene rings is 2. The summed E-state index contributed by atoms with van der Waals surface area (Å²) in [4.78, 5) is 0. The van der Waals surface area contributed by atoms with Gasteiger partial charge in [0.05, 0.1) is 6.54 Å². The predicted molar refractivity (Wildman–Crippen MR) is 102 cm³/mol. The van der Waals surface area contributed by atoms with Crippen LogP contribution in [0.3, 0.4) is 0 Å². The maximum atomic E-state index is 5.92. The van der Waals surface area contributed by atoms with E-state index in [9.17, 15) is 0 Å². The molecule has 0 spiro atoms. The second-order valence-corrected chi connectivity index (χ2v) is 6.28. The number of rotatable bonds is 7. The minimum Gasteiger partial charge on any atom is -0.489 e. The maximum absolute atomic E-state index is 5.92. The molecule has 0 fully saturated rings. The lowest BCUT2D eigenvalue weighted by Crippen LogP contribution is -2.17. The number of H-pyrrole nitrogens is 1. The van der Waals surface area contributed by atoms with Crippen LogP contribution < -0.4 is 10.2 Å². The highest BCUT2D eigenvalue weighted by molar-refractivity contribution is 7.71. The van der Waals surface area contributed by atoms with E-state index >= 15 is 0 Å². The van der Waals surface area contributed by atoms with Crippen molar-refractivity contribution in [3.63, 3.8) is 0 Å². The lowest BCUT2D eigenvalue weighted by atomic mass is 10.1. The molecule has 0 saturated carbocycles. The first-order valence-corrected chi connectivity index (χ1v) is 8.74. The summed E-state index contributed by atoms with van der Waals surface area (Å²) in [7, 11) is 0. The lowest BCUT2D eigenvalue weighted by molar-refractivity contribution is 0.306. The number of aryl methyl sites for hydroxylation is 2. The fourth-order valence-electron chi connectivity index (χ4n) is 2.61. The van der Waals surface area contributed by atoms with Gasteiger partial charge in [-0.3, -0.25) is 5.10 Å². The molecular formula is C19H22N4OS. The number of ether oxygens (including phenoxy) is 1. The molecule has 2 N–H and O–H groups in total. The van der Waals surface area contributed by atoms with Gasteiger partial charge >= 0.3 is 0 Å². The van der Waals surface area contributed by atoms with Gasteiger partial charge in [0.2, 0.25) is 4.77 Å².